The van der Waals surface area contributed by atoms with Crippen molar-refractivity contribution in [3.8, 4) is 0 Å². The third-order valence-corrected chi connectivity index (χ3v) is 3.39. The van der Waals surface area contributed by atoms with Crippen LogP contribution in [0.25, 0.3) is 0 Å². The summed E-state index contributed by atoms with van der Waals surface area (Å²) >= 11 is 0. The van der Waals surface area contributed by atoms with Crippen molar-refractivity contribution in [3.63, 3.8) is 0 Å². The fourth-order valence-corrected chi connectivity index (χ4v) is 2.32. The Morgan fingerprint density at radius 1 is 1.35 bits per heavy atom. The van der Waals surface area contributed by atoms with Gasteiger partial charge in [0.15, 0.2) is 0 Å². The van der Waals surface area contributed by atoms with E-state index in [1.165, 1.54) is 19.3 Å². The van der Waals surface area contributed by atoms with Gasteiger partial charge in [0.25, 0.3) is 0 Å². The van der Waals surface area contributed by atoms with Crippen LogP contribution in [0, 0.1) is 0 Å². The standard InChI is InChI=1S/C13H26N2O2/c1-2-15(10-7-11-16)13(17)12-8-5-3-4-6-9-14-12/h12,14,16H,2-11H2,1H3. The van der Waals surface area contributed by atoms with Crippen molar-refractivity contribution in [1.82, 2.24) is 10.2 Å². The van der Waals surface area contributed by atoms with E-state index in [1.54, 1.807) is 0 Å². The van der Waals surface area contributed by atoms with E-state index in [2.05, 4.69) is 5.32 Å². The van der Waals surface area contributed by atoms with E-state index < -0.39 is 0 Å². The summed E-state index contributed by atoms with van der Waals surface area (Å²) in [5, 5.41) is 12.2. The number of hydrogen-bond acceptors (Lipinski definition) is 3. The molecule has 0 bridgehead atoms. The number of likely N-dealkylation sites (N-methyl/N-ethyl adjacent to an activating group) is 1. The lowest BCUT2D eigenvalue weighted by Crippen LogP contribution is -2.47. The predicted molar refractivity (Wildman–Crippen MR) is 68.8 cm³/mol. The maximum Gasteiger partial charge on any atom is 0.239 e. The molecule has 0 aliphatic carbocycles. The average molecular weight is 242 g/mol. The summed E-state index contributed by atoms with van der Waals surface area (Å²) in [6, 6.07) is -0.00561. The number of nitrogens with one attached hydrogen (secondary N) is 1. The van der Waals surface area contributed by atoms with Crippen LogP contribution in [0.15, 0.2) is 0 Å². The van der Waals surface area contributed by atoms with Crippen LogP contribution >= 0.6 is 0 Å². The van der Waals surface area contributed by atoms with Crippen LogP contribution in [0.2, 0.25) is 0 Å². The quantitative estimate of drug-likeness (QED) is 0.760. The van der Waals surface area contributed by atoms with Crippen molar-refractivity contribution in [2.45, 2.75) is 51.5 Å². The van der Waals surface area contributed by atoms with Crippen molar-refractivity contribution in [2.24, 2.45) is 0 Å². The molecule has 4 heteroatoms. The molecule has 1 amide bonds. The molecule has 17 heavy (non-hydrogen) atoms. The second-order valence-electron chi connectivity index (χ2n) is 4.70. The summed E-state index contributed by atoms with van der Waals surface area (Å²) < 4.78 is 0. The highest BCUT2D eigenvalue weighted by atomic mass is 16.3. The number of aliphatic hydroxyl groups is 1. The smallest absolute Gasteiger partial charge is 0.239 e. The second kappa shape index (κ2) is 8.48. The lowest BCUT2D eigenvalue weighted by molar-refractivity contribution is -0.133. The molecular weight excluding hydrogens is 216 g/mol. The molecule has 1 heterocycles. The Bertz CT molecular complexity index is 213. The minimum atomic E-state index is -0.00561. The number of hydrogen-bond donors (Lipinski definition) is 2. The number of amides is 1. The van der Waals surface area contributed by atoms with E-state index >= 15 is 0 Å². The molecule has 0 aromatic rings. The summed E-state index contributed by atoms with van der Waals surface area (Å²) in [6.45, 7) is 4.51. The maximum absolute atomic E-state index is 12.3. The van der Waals surface area contributed by atoms with Gasteiger partial charge in [0.05, 0.1) is 6.04 Å². The number of carbonyl (C=O) groups excluding carboxylic acids is 1. The topological polar surface area (TPSA) is 52.6 Å². The molecule has 4 nitrogen and oxygen atoms in total. The first-order valence-corrected chi connectivity index (χ1v) is 6.92. The van der Waals surface area contributed by atoms with Crippen LogP contribution in [0.3, 0.4) is 0 Å². The fraction of sp³-hybridized carbons (Fsp3) is 0.923. The summed E-state index contributed by atoms with van der Waals surface area (Å²) in [7, 11) is 0. The Hall–Kier alpha value is -0.610. The molecule has 1 aliphatic rings. The third kappa shape index (κ3) is 5.04. The van der Waals surface area contributed by atoms with Gasteiger partial charge in [-0.25, -0.2) is 0 Å². The van der Waals surface area contributed by atoms with Crippen LogP contribution in [0.1, 0.15) is 45.4 Å². The molecule has 1 fully saturated rings. The molecule has 0 aromatic carbocycles. The Morgan fingerprint density at radius 2 is 2.12 bits per heavy atom. The molecule has 1 saturated heterocycles. The maximum atomic E-state index is 12.3. The zero-order valence-corrected chi connectivity index (χ0v) is 11.0. The highest BCUT2D eigenvalue weighted by Gasteiger charge is 2.22. The van der Waals surface area contributed by atoms with Crippen LogP contribution in [-0.2, 0) is 4.79 Å². The van der Waals surface area contributed by atoms with E-state index in [0.717, 1.165) is 25.9 Å². The molecule has 1 atom stereocenters. The van der Waals surface area contributed by atoms with Gasteiger partial charge in [-0.1, -0.05) is 19.3 Å². The Morgan fingerprint density at radius 3 is 2.82 bits per heavy atom. The highest BCUT2D eigenvalue weighted by Crippen LogP contribution is 2.11. The Labute approximate surface area is 104 Å². The van der Waals surface area contributed by atoms with Gasteiger partial charge in [-0.2, -0.15) is 0 Å². The molecular formula is C13H26N2O2. The molecule has 0 saturated carbocycles. The molecule has 0 radical (unpaired) electrons. The van der Waals surface area contributed by atoms with Gasteiger partial charge in [-0.05, 0) is 32.7 Å². The highest BCUT2D eigenvalue weighted by molar-refractivity contribution is 5.81. The molecule has 0 aromatic heterocycles. The molecule has 100 valence electrons. The zero-order valence-electron chi connectivity index (χ0n) is 11.0. The summed E-state index contributed by atoms with van der Waals surface area (Å²) in [6.07, 6.45) is 6.46. The first-order chi connectivity index (χ1) is 8.29. The van der Waals surface area contributed by atoms with Crippen molar-refractivity contribution >= 4 is 5.91 Å². The Balaban J connectivity index is 2.45. The van der Waals surface area contributed by atoms with Crippen LogP contribution in [-0.4, -0.2) is 48.2 Å². The van der Waals surface area contributed by atoms with Gasteiger partial charge in [-0.3, -0.25) is 4.79 Å². The van der Waals surface area contributed by atoms with E-state index in [-0.39, 0.29) is 18.6 Å². The van der Waals surface area contributed by atoms with Crippen molar-refractivity contribution in [1.29, 1.82) is 0 Å². The molecule has 2 N–H and O–H groups in total. The number of rotatable bonds is 5. The normalized spacial score (nSPS) is 21.6. The minimum absolute atomic E-state index is 0.00561. The molecule has 1 aliphatic heterocycles. The van der Waals surface area contributed by atoms with E-state index in [1.807, 2.05) is 11.8 Å². The molecule has 1 rings (SSSR count). The SMILES string of the molecule is CCN(CCCO)C(=O)C1CCCCCCN1. The molecule has 1 unspecified atom stereocenters. The lowest BCUT2D eigenvalue weighted by atomic mass is 10.0. The monoisotopic (exact) mass is 242 g/mol. The lowest BCUT2D eigenvalue weighted by Gasteiger charge is -2.28. The first kappa shape index (κ1) is 14.5. The van der Waals surface area contributed by atoms with E-state index in [0.29, 0.717) is 13.0 Å². The number of carbonyl (C=O) groups is 1. The zero-order chi connectivity index (χ0) is 12.5. The average Bonchev–Trinajstić information content (AvgIpc) is 2.29. The summed E-state index contributed by atoms with van der Waals surface area (Å²) in [5.74, 6) is 0.211. The third-order valence-electron chi connectivity index (χ3n) is 3.39. The first-order valence-electron chi connectivity index (χ1n) is 6.92. The summed E-state index contributed by atoms with van der Waals surface area (Å²) in [5.41, 5.74) is 0. The Kier molecular flexibility index (Phi) is 7.21. The van der Waals surface area contributed by atoms with Crippen molar-refractivity contribution in [3.05, 3.63) is 0 Å². The van der Waals surface area contributed by atoms with E-state index in [4.69, 9.17) is 5.11 Å². The van der Waals surface area contributed by atoms with Crippen LogP contribution in [0.4, 0.5) is 0 Å². The molecule has 0 spiro atoms. The largest absolute Gasteiger partial charge is 0.396 e. The fourth-order valence-electron chi connectivity index (χ4n) is 2.32. The van der Waals surface area contributed by atoms with Gasteiger partial charge in [0.1, 0.15) is 0 Å². The minimum Gasteiger partial charge on any atom is -0.396 e. The number of aliphatic hydroxyl groups excluding tert-OH is 1. The van der Waals surface area contributed by atoms with Gasteiger partial charge < -0.3 is 15.3 Å². The number of nitrogens with zero attached hydrogens (tertiary/aromatic N) is 1. The van der Waals surface area contributed by atoms with Gasteiger partial charge in [0.2, 0.25) is 5.91 Å². The van der Waals surface area contributed by atoms with Gasteiger partial charge >= 0.3 is 0 Å². The van der Waals surface area contributed by atoms with Gasteiger partial charge in [0, 0.05) is 19.7 Å². The predicted octanol–water partition coefficient (Wildman–Crippen LogP) is 1.14. The van der Waals surface area contributed by atoms with Gasteiger partial charge in [-0.15, -0.1) is 0 Å². The summed E-state index contributed by atoms with van der Waals surface area (Å²) in [4.78, 5) is 14.1. The van der Waals surface area contributed by atoms with Crippen LogP contribution in [0.5, 0.6) is 0 Å². The van der Waals surface area contributed by atoms with Crippen LogP contribution < -0.4 is 5.32 Å². The van der Waals surface area contributed by atoms with Crippen molar-refractivity contribution in [2.75, 3.05) is 26.2 Å². The van der Waals surface area contributed by atoms with Crippen molar-refractivity contribution < 1.29 is 9.90 Å². The van der Waals surface area contributed by atoms with E-state index in [9.17, 15) is 4.79 Å². The second-order valence-corrected chi connectivity index (χ2v) is 4.70.